The Kier molecular flexibility index (Phi) is 4.59. The van der Waals surface area contributed by atoms with Crippen LogP contribution in [-0.4, -0.2) is 38.5 Å². The molecule has 0 amide bonds. The minimum Gasteiger partial charge on any atom is -0.508 e. The second-order valence-electron chi connectivity index (χ2n) is 4.73. The summed E-state index contributed by atoms with van der Waals surface area (Å²) in [7, 11) is -0.565. The molecule has 0 aliphatic heterocycles. The summed E-state index contributed by atoms with van der Waals surface area (Å²) in [6.07, 6.45) is 0. The van der Waals surface area contributed by atoms with Gasteiger partial charge in [0.2, 0.25) is 0 Å². The monoisotopic (exact) mass is 272 g/mol. The molecule has 0 fully saturated rings. The Morgan fingerprint density at radius 1 is 1.28 bits per heavy atom. The quantitative estimate of drug-likeness (QED) is 0.886. The molecule has 0 heterocycles. The van der Waals surface area contributed by atoms with E-state index in [4.69, 9.17) is 0 Å². The average Bonchev–Trinajstić information content (AvgIpc) is 2.25. The highest BCUT2D eigenvalue weighted by Gasteiger charge is 2.25. The van der Waals surface area contributed by atoms with Crippen LogP contribution in [0.25, 0.3) is 0 Å². The summed E-state index contributed by atoms with van der Waals surface area (Å²) in [6.45, 7) is 4.26. The van der Waals surface area contributed by atoms with Gasteiger partial charge < -0.3 is 5.11 Å². The lowest BCUT2D eigenvalue weighted by Gasteiger charge is -2.28. The van der Waals surface area contributed by atoms with Crippen LogP contribution < -0.4 is 4.31 Å². The molecule has 0 aliphatic rings. The second kappa shape index (κ2) is 5.58. The van der Waals surface area contributed by atoms with Gasteiger partial charge in [0.25, 0.3) is 0 Å². The van der Waals surface area contributed by atoms with Gasteiger partial charge >= 0.3 is 10.2 Å². The Morgan fingerprint density at radius 2 is 1.89 bits per heavy atom. The highest BCUT2D eigenvalue weighted by atomic mass is 32.2. The first-order valence-electron chi connectivity index (χ1n) is 5.74. The van der Waals surface area contributed by atoms with Gasteiger partial charge in [-0.2, -0.15) is 12.7 Å². The van der Waals surface area contributed by atoms with Crippen molar-refractivity contribution < 1.29 is 13.5 Å². The van der Waals surface area contributed by atoms with Crippen molar-refractivity contribution in [2.24, 2.45) is 5.92 Å². The fourth-order valence-corrected chi connectivity index (χ4v) is 2.77. The molecule has 0 saturated heterocycles. The maximum absolute atomic E-state index is 12.2. The van der Waals surface area contributed by atoms with Crippen molar-refractivity contribution in [3.63, 3.8) is 0 Å². The molecule has 1 rings (SSSR count). The smallest absolute Gasteiger partial charge is 0.303 e. The predicted molar refractivity (Wildman–Crippen MR) is 72.9 cm³/mol. The van der Waals surface area contributed by atoms with Crippen molar-refractivity contribution in [3.8, 4) is 5.75 Å². The van der Waals surface area contributed by atoms with Crippen LogP contribution in [0.4, 0.5) is 5.69 Å². The fraction of sp³-hybridized carbons (Fsp3) is 0.500. The van der Waals surface area contributed by atoms with Crippen LogP contribution in [0.2, 0.25) is 0 Å². The zero-order chi connectivity index (χ0) is 13.9. The number of benzene rings is 1. The number of anilines is 1. The summed E-state index contributed by atoms with van der Waals surface area (Å²) >= 11 is 0. The average molecular weight is 272 g/mol. The Bertz CT molecular complexity index is 498. The van der Waals surface area contributed by atoms with E-state index in [0.29, 0.717) is 12.2 Å². The Hall–Kier alpha value is -1.27. The van der Waals surface area contributed by atoms with Crippen LogP contribution in [0.15, 0.2) is 24.3 Å². The highest BCUT2D eigenvalue weighted by Crippen LogP contribution is 2.24. The molecule has 102 valence electrons. The van der Waals surface area contributed by atoms with Gasteiger partial charge in [-0.05, 0) is 18.1 Å². The largest absolute Gasteiger partial charge is 0.508 e. The summed E-state index contributed by atoms with van der Waals surface area (Å²) in [6, 6.07) is 6.26. The van der Waals surface area contributed by atoms with E-state index < -0.39 is 10.2 Å². The molecule has 0 atom stereocenters. The lowest BCUT2D eigenvalue weighted by Crippen LogP contribution is -2.42. The molecule has 0 spiro atoms. The SMILES string of the molecule is CC(C)CN(c1cccc(O)c1)S(=O)(=O)N(C)C. The zero-order valence-electron chi connectivity index (χ0n) is 11.2. The van der Waals surface area contributed by atoms with Crippen molar-refractivity contribution >= 4 is 15.9 Å². The van der Waals surface area contributed by atoms with Gasteiger partial charge in [0.1, 0.15) is 5.75 Å². The minimum absolute atomic E-state index is 0.0511. The second-order valence-corrected chi connectivity index (χ2v) is 6.80. The molecule has 1 N–H and O–H groups in total. The molecular weight excluding hydrogens is 252 g/mol. The van der Waals surface area contributed by atoms with Gasteiger partial charge in [-0.15, -0.1) is 0 Å². The van der Waals surface area contributed by atoms with Crippen molar-refractivity contribution in [2.75, 3.05) is 24.9 Å². The third-order valence-electron chi connectivity index (χ3n) is 2.39. The van der Waals surface area contributed by atoms with Crippen LogP contribution in [0.1, 0.15) is 13.8 Å². The van der Waals surface area contributed by atoms with E-state index in [-0.39, 0.29) is 11.7 Å². The molecular formula is C12H20N2O3S. The Morgan fingerprint density at radius 3 is 2.33 bits per heavy atom. The predicted octanol–water partition coefficient (Wildman–Crippen LogP) is 1.66. The molecule has 18 heavy (non-hydrogen) atoms. The van der Waals surface area contributed by atoms with E-state index in [0.717, 1.165) is 0 Å². The van der Waals surface area contributed by atoms with Gasteiger partial charge in [0.15, 0.2) is 0 Å². The van der Waals surface area contributed by atoms with Crippen LogP contribution in [0, 0.1) is 5.92 Å². The number of phenolic OH excluding ortho intramolecular Hbond substituents is 1. The van der Waals surface area contributed by atoms with E-state index in [1.807, 2.05) is 13.8 Å². The van der Waals surface area contributed by atoms with Crippen LogP contribution in [0.3, 0.4) is 0 Å². The fourth-order valence-electron chi connectivity index (χ4n) is 1.51. The normalized spacial score (nSPS) is 12.1. The molecule has 0 bridgehead atoms. The maximum Gasteiger partial charge on any atom is 0.303 e. The molecule has 5 nitrogen and oxygen atoms in total. The van der Waals surface area contributed by atoms with Crippen LogP contribution in [-0.2, 0) is 10.2 Å². The zero-order valence-corrected chi connectivity index (χ0v) is 12.0. The van der Waals surface area contributed by atoms with Crippen molar-refractivity contribution in [1.82, 2.24) is 4.31 Å². The standard InChI is InChI=1S/C12H20N2O3S/c1-10(2)9-14(18(16,17)13(3)4)11-6-5-7-12(15)8-11/h5-8,10,15H,9H2,1-4H3. The number of hydrogen-bond acceptors (Lipinski definition) is 3. The molecule has 6 heteroatoms. The molecule has 1 aromatic carbocycles. The number of aromatic hydroxyl groups is 1. The number of hydrogen-bond donors (Lipinski definition) is 1. The van der Waals surface area contributed by atoms with Gasteiger partial charge in [-0.1, -0.05) is 19.9 Å². The first kappa shape index (κ1) is 14.8. The van der Waals surface area contributed by atoms with Gasteiger partial charge in [-0.25, -0.2) is 0 Å². The molecule has 0 aliphatic carbocycles. The van der Waals surface area contributed by atoms with Crippen LogP contribution in [0.5, 0.6) is 5.75 Å². The topological polar surface area (TPSA) is 60.9 Å². The van der Waals surface area contributed by atoms with Crippen molar-refractivity contribution in [2.45, 2.75) is 13.8 Å². The summed E-state index contributed by atoms with van der Waals surface area (Å²) in [5, 5.41) is 9.47. The summed E-state index contributed by atoms with van der Waals surface area (Å²) < 4.78 is 27.0. The van der Waals surface area contributed by atoms with E-state index >= 15 is 0 Å². The van der Waals surface area contributed by atoms with Crippen molar-refractivity contribution in [3.05, 3.63) is 24.3 Å². The molecule has 1 aromatic rings. The third-order valence-corrected chi connectivity index (χ3v) is 4.23. The molecule has 0 radical (unpaired) electrons. The summed E-state index contributed by atoms with van der Waals surface area (Å²) in [5.41, 5.74) is 0.470. The number of rotatable bonds is 5. The number of nitrogens with zero attached hydrogens (tertiary/aromatic N) is 2. The van der Waals surface area contributed by atoms with Crippen LogP contribution >= 0.6 is 0 Å². The van der Waals surface area contributed by atoms with Gasteiger partial charge in [-0.3, -0.25) is 4.31 Å². The van der Waals surface area contributed by atoms with E-state index in [2.05, 4.69) is 0 Å². The lowest BCUT2D eigenvalue weighted by molar-refractivity contribution is 0.475. The first-order valence-corrected chi connectivity index (χ1v) is 7.14. The summed E-state index contributed by atoms with van der Waals surface area (Å²) in [4.78, 5) is 0. The molecule has 0 aromatic heterocycles. The first-order chi connectivity index (χ1) is 8.25. The van der Waals surface area contributed by atoms with E-state index in [1.165, 1.54) is 34.8 Å². The lowest BCUT2D eigenvalue weighted by atomic mass is 10.2. The Balaban J connectivity index is 3.22. The Labute approximate surface area is 109 Å². The number of phenols is 1. The van der Waals surface area contributed by atoms with E-state index in [9.17, 15) is 13.5 Å². The van der Waals surface area contributed by atoms with Gasteiger partial charge in [0, 0.05) is 26.7 Å². The molecule has 0 unspecified atom stereocenters. The van der Waals surface area contributed by atoms with Gasteiger partial charge in [0.05, 0.1) is 5.69 Å². The maximum atomic E-state index is 12.2. The molecule has 0 saturated carbocycles. The summed E-state index contributed by atoms with van der Waals surface area (Å²) in [5.74, 6) is 0.234. The van der Waals surface area contributed by atoms with Crippen molar-refractivity contribution in [1.29, 1.82) is 0 Å². The third kappa shape index (κ3) is 3.36. The minimum atomic E-state index is -3.55. The van der Waals surface area contributed by atoms with E-state index in [1.54, 1.807) is 12.1 Å². The highest BCUT2D eigenvalue weighted by molar-refractivity contribution is 7.90.